The average molecular weight is 558 g/mol. The summed E-state index contributed by atoms with van der Waals surface area (Å²) in [4.78, 5) is 13.3. The largest absolute Gasteiger partial charge is 0.481 e. The molecule has 1 heterocycles. The van der Waals surface area contributed by atoms with Crippen molar-refractivity contribution in [3.63, 3.8) is 0 Å². The third-order valence-electron chi connectivity index (χ3n) is 7.65. The molecule has 3 nitrogen and oxygen atoms in total. The fourth-order valence-electron chi connectivity index (χ4n) is 5.46. The number of nitrogens with zero attached hydrogens (tertiary/aromatic N) is 1. The molecule has 0 aliphatic carbocycles. The van der Waals surface area contributed by atoms with Gasteiger partial charge in [-0.05, 0) is 78.8 Å². The Morgan fingerprint density at radius 1 is 0.923 bits per heavy atom. The fourth-order valence-corrected chi connectivity index (χ4v) is 5.46. The molecule has 0 radical (unpaired) electrons. The van der Waals surface area contributed by atoms with E-state index in [9.17, 15) is 36.2 Å². The van der Waals surface area contributed by atoms with Crippen LogP contribution < -0.4 is 0 Å². The fraction of sp³-hybridized carbons (Fsp3) is 0.567. The predicted molar refractivity (Wildman–Crippen MR) is 138 cm³/mol. The van der Waals surface area contributed by atoms with Gasteiger partial charge < -0.3 is 5.11 Å². The van der Waals surface area contributed by atoms with Crippen LogP contribution >= 0.6 is 0 Å². The quantitative estimate of drug-likeness (QED) is 0.314. The first-order chi connectivity index (χ1) is 18.0. The number of piperidine rings is 1. The van der Waals surface area contributed by atoms with Crippen molar-refractivity contribution < 1.29 is 36.2 Å². The smallest absolute Gasteiger partial charge is 0.416 e. The molecule has 2 unspecified atom stereocenters. The molecule has 0 bridgehead atoms. The third kappa shape index (κ3) is 9.26. The Morgan fingerprint density at radius 2 is 1.51 bits per heavy atom. The Bertz CT molecular complexity index is 1070. The van der Waals surface area contributed by atoms with Gasteiger partial charge in [0.2, 0.25) is 0 Å². The lowest BCUT2D eigenvalue weighted by Crippen LogP contribution is -2.44. The molecule has 1 aliphatic rings. The zero-order valence-corrected chi connectivity index (χ0v) is 22.6. The van der Waals surface area contributed by atoms with Gasteiger partial charge in [0.05, 0.1) is 5.56 Å². The minimum atomic E-state index is -4.51. The number of alkyl halides is 6. The number of carboxylic acid groups (broad SMARTS) is 1. The van der Waals surface area contributed by atoms with Gasteiger partial charge in [0, 0.05) is 24.9 Å². The molecule has 0 saturated carbocycles. The molecule has 0 spiro atoms. The summed E-state index contributed by atoms with van der Waals surface area (Å²) in [6.45, 7) is 6.69. The highest BCUT2D eigenvalue weighted by Crippen LogP contribution is 2.40. The lowest BCUT2D eigenvalue weighted by atomic mass is 9.83. The van der Waals surface area contributed by atoms with Crippen LogP contribution in [-0.4, -0.2) is 34.7 Å². The van der Waals surface area contributed by atoms with E-state index in [0.29, 0.717) is 37.8 Å². The van der Waals surface area contributed by atoms with Crippen molar-refractivity contribution in [2.24, 2.45) is 5.92 Å². The van der Waals surface area contributed by atoms with Crippen molar-refractivity contribution in [2.75, 3.05) is 6.54 Å². The van der Waals surface area contributed by atoms with Crippen molar-refractivity contribution in [3.8, 4) is 0 Å². The van der Waals surface area contributed by atoms with Gasteiger partial charge in [-0.1, -0.05) is 57.2 Å². The molecule has 3 atom stereocenters. The molecule has 9 heteroatoms. The van der Waals surface area contributed by atoms with Gasteiger partial charge in [0.15, 0.2) is 0 Å². The number of likely N-dealkylation sites (tertiary alicyclic amines) is 1. The number of carbonyl (C=O) groups is 1. The number of rotatable bonds is 9. The molecule has 3 rings (SSSR count). The van der Waals surface area contributed by atoms with Gasteiger partial charge in [0.25, 0.3) is 0 Å². The second kappa shape index (κ2) is 12.3. The first kappa shape index (κ1) is 31.0. The molecule has 0 aromatic heterocycles. The Kier molecular flexibility index (Phi) is 9.78. The molecule has 39 heavy (non-hydrogen) atoms. The van der Waals surface area contributed by atoms with Crippen LogP contribution in [0.25, 0.3) is 0 Å². The summed E-state index contributed by atoms with van der Waals surface area (Å²) >= 11 is 0. The molecular weight excluding hydrogens is 520 g/mol. The average Bonchev–Trinajstić information content (AvgIpc) is 2.82. The van der Waals surface area contributed by atoms with Gasteiger partial charge >= 0.3 is 18.3 Å². The summed E-state index contributed by atoms with van der Waals surface area (Å²) in [5.74, 6) is -1.17. The Labute approximate surface area is 226 Å². The van der Waals surface area contributed by atoms with E-state index in [4.69, 9.17) is 0 Å². The first-order valence-corrected chi connectivity index (χ1v) is 13.3. The monoisotopic (exact) mass is 557 g/mol. The van der Waals surface area contributed by atoms with Crippen molar-refractivity contribution in [1.29, 1.82) is 0 Å². The van der Waals surface area contributed by atoms with Crippen molar-refractivity contribution in [2.45, 2.75) is 95.6 Å². The number of aliphatic carboxylic acids is 1. The van der Waals surface area contributed by atoms with Gasteiger partial charge in [-0.25, -0.2) is 0 Å². The Morgan fingerprint density at radius 3 is 2.03 bits per heavy atom. The van der Waals surface area contributed by atoms with Crippen molar-refractivity contribution in [1.82, 2.24) is 4.90 Å². The molecular formula is C30H37F6NO2. The SMILES string of the molecule is CC(C)(C)c1ccc(CC[C@H](CCC(F)(F)F)N2CCC(CC(=O)O)CC2c2ccc(C(F)(F)F)cc2)cc1. The minimum Gasteiger partial charge on any atom is -0.481 e. The maximum atomic E-state index is 13.3. The van der Waals surface area contributed by atoms with Crippen LogP contribution in [-0.2, 0) is 22.8 Å². The van der Waals surface area contributed by atoms with Crippen LogP contribution in [0.2, 0.25) is 0 Å². The van der Waals surface area contributed by atoms with Crippen LogP contribution in [0.15, 0.2) is 48.5 Å². The first-order valence-electron chi connectivity index (χ1n) is 13.3. The summed E-state index contributed by atoms with van der Waals surface area (Å²) in [7, 11) is 0. The van der Waals surface area contributed by atoms with Crippen LogP contribution in [0.1, 0.15) is 87.6 Å². The van der Waals surface area contributed by atoms with Crippen LogP contribution in [0, 0.1) is 5.92 Å². The van der Waals surface area contributed by atoms with Gasteiger partial charge in [-0.15, -0.1) is 0 Å². The number of aryl methyl sites for hydroxylation is 1. The highest BCUT2D eigenvalue weighted by molar-refractivity contribution is 5.67. The van der Waals surface area contributed by atoms with E-state index in [-0.39, 0.29) is 24.2 Å². The molecule has 1 N–H and O–H groups in total. The Hall–Kier alpha value is -2.55. The van der Waals surface area contributed by atoms with E-state index in [0.717, 1.165) is 23.3 Å². The second-order valence-corrected chi connectivity index (χ2v) is 11.7. The zero-order chi connectivity index (χ0) is 29.0. The van der Waals surface area contributed by atoms with E-state index in [2.05, 4.69) is 20.8 Å². The lowest BCUT2D eigenvalue weighted by Gasteiger charge is -2.44. The van der Waals surface area contributed by atoms with E-state index in [1.54, 1.807) is 0 Å². The lowest BCUT2D eigenvalue weighted by molar-refractivity contribution is -0.141. The van der Waals surface area contributed by atoms with Crippen molar-refractivity contribution in [3.05, 3.63) is 70.8 Å². The number of benzene rings is 2. The summed E-state index contributed by atoms with van der Waals surface area (Å²) in [6, 6.07) is 11.8. The molecule has 1 aliphatic heterocycles. The summed E-state index contributed by atoms with van der Waals surface area (Å²) in [6.07, 6.45) is -8.15. The van der Waals surface area contributed by atoms with Gasteiger partial charge in [-0.3, -0.25) is 9.69 Å². The summed E-state index contributed by atoms with van der Waals surface area (Å²) in [5, 5.41) is 9.31. The molecule has 0 amide bonds. The van der Waals surface area contributed by atoms with Crippen molar-refractivity contribution >= 4 is 5.97 Å². The standard InChI is InChI=1S/C30H37F6NO2/c1-28(2,3)23-9-4-20(5-10-23)6-13-25(14-16-29(31,32)33)37-17-15-21(19-27(38)39)18-26(37)22-7-11-24(12-8-22)30(34,35)36/h4-5,7-12,21,25-26H,6,13-19H2,1-3H3,(H,38,39)/t21?,25-,26?/m1/s1. The third-order valence-corrected chi connectivity index (χ3v) is 7.65. The highest BCUT2D eigenvalue weighted by Gasteiger charge is 2.37. The number of hydrogen-bond acceptors (Lipinski definition) is 2. The number of carboxylic acids is 1. The van der Waals surface area contributed by atoms with Gasteiger partial charge in [0.1, 0.15) is 0 Å². The highest BCUT2D eigenvalue weighted by atomic mass is 19.4. The summed E-state index contributed by atoms with van der Waals surface area (Å²) in [5.41, 5.74) is 1.89. The van der Waals surface area contributed by atoms with Gasteiger partial charge in [-0.2, -0.15) is 26.3 Å². The summed E-state index contributed by atoms with van der Waals surface area (Å²) < 4.78 is 79.3. The van der Waals surface area contributed by atoms with E-state index < -0.39 is 42.4 Å². The Balaban J connectivity index is 1.87. The van der Waals surface area contributed by atoms with E-state index in [1.807, 2.05) is 29.2 Å². The van der Waals surface area contributed by atoms with Crippen LogP contribution in [0.5, 0.6) is 0 Å². The molecule has 216 valence electrons. The number of halogens is 6. The number of hydrogen-bond donors (Lipinski definition) is 1. The molecule has 2 aromatic rings. The zero-order valence-electron chi connectivity index (χ0n) is 22.6. The maximum absolute atomic E-state index is 13.3. The van der Waals surface area contributed by atoms with E-state index >= 15 is 0 Å². The predicted octanol–water partition coefficient (Wildman–Crippen LogP) is 8.57. The minimum absolute atomic E-state index is 0.0248. The molecule has 1 saturated heterocycles. The van der Waals surface area contributed by atoms with Crippen LogP contribution in [0.4, 0.5) is 26.3 Å². The maximum Gasteiger partial charge on any atom is 0.416 e. The normalized spacial score (nSPS) is 20.1. The van der Waals surface area contributed by atoms with Crippen LogP contribution in [0.3, 0.4) is 0 Å². The topological polar surface area (TPSA) is 40.5 Å². The molecule has 1 fully saturated rings. The van der Waals surface area contributed by atoms with E-state index in [1.165, 1.54) is 12.1 Å². The second-order valence-electron chi connectivity index (χ2n) is 11.7. The molecule has 2 aromatic carbocycles.